The summed E-state index contributed by atoms with van der Waals surface area (Å²) in [5, 5.41) is 0. The summed E-state index contributed by atoms with van der Waals surface area (Å²) in [4.78, 5) is 11.1. The maximum absolute atomic E-state index is 13.6. The van der Waals surface area contributed by atoms with Gasteiger partial charge in [-0.1, -0.05) is 17.7 Å². The monoisotopic (exact) mass is 261 g/mol. The molecule has 0 unspecified atom stereocenters. The van der Waals surface area contributed by atoms with Gasteiger partial charge in [-0.25, -0.2) is 9.18 Å². The Balaban J connectivity index is 3.08. The van der Waals surface area contributed by atoms with Crippen molar-refractivity contribution in [3.8, 4) is 0 Å². The first-order valence-corrected chi connectivity index (χ1v) is 5.37. The standard InChI is InChI=1S/C12H14F3NO2/c1-3-18-11(17)12(14,15)10(16)8-6-7(2)4-5-9(8)13/h4-6,10H,3,16H2,1-2H3/t10-/m1/s1. The van der Waals surface area contributed by atoms with E-state index in [4.69, 9.17) is 5.73 Å². The molecule has 0 bridgehead atoms. The molecule has 1 atom stereocenters. The summed E-state index contributed by atoms with van der Waals surface area (Å²) in [6.45, 7) is 2.81. The van der Waals surface area contributed by atoms with Crippen LogP contribution in [0.2, 0.25) is 0 Å². The largest absolute Gasteiger partial charge is 0.462 e. The van der Waals surface area contributed by atoms with Crippen molar-refractivity contribution in [2.24, 2.45) is 5.73 Å². The molecule has 0 saturated heterocycles. The Morgan fingerprint density at radius 1 is 1.50 bits per heavy atom. The Morgan fingerprint density at radius 3 is 2.67 bits per heavy atom. The summed E-state index contributed by atoms with van der Waals surface area (Å²) in [6.07, 6.45) is 0. The number of hydrogen-bond donors (Lipinski definition) is 1. The first-order valence-electron chi connectivity index (χ1n) is 5.37. The molecule has 1 aromatic rings. The fourth-order valence-electron chi connectivity index (χ4n) is 1.45. The van der Waals surface area contributed by atoms with Crippen molar-refractivity contribution in [3.63, 3.8) is 0 Å². The first-order chi connectivity index (χ1) is 8.30. The first kappa shape index (κ1) is 14.5. The number of ether oxygens (including phenoxy) is 1. The van der Waals surface area contributed by atoms with Gasteiger partial charge in [0, 0.05) is 5.56 Å². The summed E-state index contributed by atoms with van der Waals surface area (Å²) in [7, 11) is 0. The van der Waals surface area contributed by atoms with Crippen LogP contribution in [0.25, 0.3) is 0 Å². The molecule has 3 nitrogen and oxygen atoms in total. The number of esters is 1. The molecule has 0 aliphatic heterocycles. The van der Waals surface area contributed by atoms with E-state index in [0.29, 0.717) is 5.56 Å². The maximum Gasteiger partial charge on any atom is 0.379 e. The molecule has 0 spiro atoms. The summed E-state index contributed by atoms with van der Waals surface area (Å²) < 4.78 is 44.9. The van der Waals surface area contributed by atoms with Crippen LogP contribution < -0.4 is 5.73 Å². The van der Waals surface area contributed by atoms with Crippen LogP contribution in [-0.2, 0) is 9.53 Å². The number of alkyl halides is 2. The minimum atomic E-state index is -3.97. The van der Waals surface area contributed by atoms with Gasteiger partial charge in [-0.3, -0.25) is 0 Å². The van der Waals surface area contributed by atoms with Crippen LogP contribution in [0.1, 0.15) is 24.1 Å². The van der Waals surface area contributed by atoms with Crippen molar-refractivity contribution in [1.29, 1.82) is 0 Å². The van der Waals surface area contributed by atoms with E-state index in [-0.39, 0.29) is 6.61 Å². The summed E-state index contributed by atoms with van der Waals surface area (Å²) in [5.41, 5.74) is 5.44. The van der Waals surface area contributed by atoms with Crippen molar-refractivity contribution in [2.75, 3.05) is 6.61 Å². The zero-order chi connectivity index (χ0) is 13.9. The van der Waals surface area contributed by atoms with E-state index in [1.54, 1.807) is 6.92 Å². The molecule has 0 amide bonds. The topological polar surface area (TPSA) is 52.3 Å². The summed E-state index contributed by atoms with van der Waals surface area (Å²) >= 11 is 0. The molecule has 0 heterocycles. The lowest BCUT2D eigenvalue weighted by atomic mass is 9.99. The van der Waals surface area contributed by atoms with Crippen LogP contribution in [-0.4, -0.2) is 18.5 Å². The van der Waals surface area contributed by atoms with Gasteiger partial charge in [0.2, 0.25) is 0 Å². The second-order valence-corrected chi connectivity index (χ2v) is 3.85. The highest BCUT2D eigenvalue weighted by Crippen LogP contribution is 2.32. The average Bonchev–Trinajstić information content (AvgIpc) is 2.31. The van der Waals surface area contributed by atoms with E-state index in [2.05, 4.69) is 4.74 Å². The zero-order valence-electron chi connectivity index (χ0n) is 10.0. The fourth-order valence-corrected chi connectivity index (χ4v) is 1.45. The zero-order valence-corrected chi connectivity index (χ0v) is 10.0. The SMILES string of the molecule is CCOC(=O)C(F)(F)[C@H](N)c1cc(C)ccc1F. The van der Waals surface area contributed by atoms with Gasteiger partial charge in [0.15, 0.2) is 0 Å². The van der Waals surface area contributed by atoms with E-state index in [0.717, 1.165) is 6.07 Å². The van der Waals surface area contributed by atoms with Gasteiger partial charge >= 0.3 is 11.9 Å². The number of benzene rings is 1. The highest BCUT2D eigenvalue weighted by Gasteiger charge is 2.48. The molecular weight excluding hydrogens is 247 g/mol. The molecule has 6 heteroatoms. The maximum atomic E-state index is 13.6. The third-order valence-corrected chi connectivity index (χ3v) is 2.42. The fraction of sp³-hybridized carbons (Fsp3) is 0.417. The number of nitrogens with two attached hydrogens (primary N) is 1. The predicted molar refractivity (Wildman–Crippen MR) is 59.6 cm³/mol. The van der Waals surface area contributed by atoms with E-state index >= 15 is 0 Å². The van der Waals surface area contributed by atoms with E-state index < -0.39 is 29.3 Å². The number of halogens is 3. The predicted octanol–water partition coefficient (Wildman–Crippen LogP) is 2.33. The van der Waals surface area contributed by atoms with Crippen molar-refractivity contribution in [2.45, 2.75) is 25.8 Å². The van der Waals surface area contributed by atoms with Crippen molar-refractivity contribution < 1.29 is 22.7 Å². The molecule has 0 aliphatic carbocycles. The van der Waals surface area contributed by atoms with Crippen molar-refractivity contribution in [3.05, 3.63) is 35.1 Å². The van der Waals surface area contributed by atoms with Crippen LogP contribution in [0.4, 0.5) is 13.2 Å². The average molecular weight is 261 g/mol. The van der Waals surface area contributed by atoms with Gasteiger partial charge in [-0.15, -0.1) is 0 Å². The minimum absolute atomic E-state index is 0.197. The normalized spacial score (nSPS) is 13.2. The smallest absolute Gasteiger partial charge is 0.379 e. The van der Waals surface area contributed by atoms with Crippen LogP contribution in [0.15, 0.2) is 18.2 Å². The molecule has 0 aromatic heterocycles. The van der Waals surface area contributed by atoms with E-state index in [9.17, 15) is 18.0 Å². The second kappa shape index (κ2) is 5.39. The van der Waals surface area contributed by atoms with Gasteiger partial charge in [0.25, 0.3) is 0 Å². The minimum Gasteiger partial charge on any atom is -0.462 e. The molecule has 1 aromatic carbocycles. The quantitative estimate of drug-likeness (QED) is 0.846. The number of carbonyl (C=O) groups excluding carboxylic acids is 1. The highest BCUT2D eigenvalue weighted by atomic mass is 19.3. The highest BCUT2D eigenvalue weighted by molar-refractivity contribution is 5.78. The van der Waals surface area contributed by atoms with Crippen molar-refractivity contribution >= 4 is 5.97 Å². The van der Waals surface area contributed by atoms with Crippen LogP contribution in [0.5, 0.6) is 0 Å². The van der Waals surface area contributed by atoms with Gasteiger partial charge in [-0.2, -0.15) is 8.78 Å². The molecule has 2 N–H and O–H groups in total. The third-order valence-electron chi connectivity index (χ3n) is 2.42. The lowest BCUT2D eigenvalue weighted by molar-refractivity contribution is -0.174. The van der Waals surface area contributed by atoms with Crippen LogP contribution in [0.3, 0.4) is 0 Å². The molecule has 0 radical (unpaired) electrons. The third kappa shape index (κ3) is 2.81. The summed E-state index contributed by atoms with van der Waals surface area (Å²) in [5.74, 6) is -6.60. The van der Waals surface area contributed by atoms with Crippen LogP contribution >= 0.6 is 0 Å². The number of aryl methyl sites for hydroxylation is 1. The van der Waals surface area contributed by atoms with Gasteiger partial charge in [-0.05, 0) is 19.9 Å². The van der Waals surface area contributed by atoms with E-state index in [1.165, 1.54) is 19.1 Å². The molecule has 18 heavy (non-hydrogen) atoms. The molecule has 0 saturated carbocycles. The Labute approximate surface area is 103 Å². The molecule has 0 aliphatic rings. The van der Waals surface area contributed by atoms with Gasteiger partial charge in [0.05, 0.1) is 6.61 Å². The molecular formula is C12H14F3NO2. The van der Waals surface area contributed by atoms with Crippen molar-refractivity contribution in [1.82, 2.24) is 0 Å². The number of rotatable bonds is 4. The summed E-state index contributed by atoms with van der Waals surface area (Å²) in [6, 6.07) is 1.57. The van der Waals surface area contributed by atoms with Crippen LogP contribution in [0, 0.1) is 12.7 Å². The Bertz CT molecular complexity index is 449. The number of hydrogen-bond acceptors (Lipinski definition) is 3. The number of carbonyl (C=O) groups is 1. The van der Waals surface area contributed by atoms with E-state index in [1.807, 2.05) is 0 Å². The molecule has 0 fully saturated rings. The second-order valence-electron chi connectivity index (χ2n) is 3.85. The Kier molecular flexibility index (Phi) is 4.34. The Hall–Kier alpha value is -1.56. The lowest BCUT2D eigenvalue weighted by Gasteiger charge is -2.22. The van der Waals surface area contributed by atoms with Gasteiger partial charge in [0.1, 0.15) is 11.9 Å². The Morgan fingerprint density at radius 2 is 2.11 bits per heavy atom. The molecule has 100 valence electrons. The molecule has 1 rings (SSSR count). The lowest BCUT2D eigenvalue weighted by Crippen LogP contribution is -2.42. The van der Waals surface area contributed by atoms with Gasteiger partial charge < -0.3 is 10.5 Å².